The number of rotatable bonds is 4. The topological polar surface area (TPSA) is 20.3 Å². The third kappa shape index (κ3) is 2.65. The van der Waals surface area contributed by atoms with Crippen LogP contribution in [0.1, 0.15) is 43.9 Å². The number of Topliss-reactive ketones (excluding diaryl/α,β-unsaturated/α-hetero) is 1. The molecule has 1 saturated heterocycles. The summed E-state index contributed by atoms with van der Waals surface area (Å²) in [6.45, 7) is 11.1. The summed E-state index contributed by atoms with van der Waals surface area (Å²) in [6.07, 6.45) is 4.02. The SMILES string of the molecule is CC=C(Cc1cc(C)cc(C)c1)N1CCC1(C)C(C)=O. The summed E-state index contributed by atoms with van der Waals surface area (Å²) >= 11 is 0. The lowest BCUT2D eigenvalue weighted by atomic mass is 9.81. The van der Waals surface area contributed by atoms with E-state index in [-0.39, 0.29) is 11.3 Å². The van der Waals surface area contributed by atoms with Crippen molar-refractivity contribution in [1.82, 2.24) is 4.90 Å². The standard InChI is InChI=1S/C18H25NO/c1-6-17(19-8-7-18(19,5)15(4)20)12-16-10-13(2)9-14(3)11-16/h6,9-11H,7-8,12H2,1-5H3. The van der Waals surface area contributed by atoms with Crippen LogP contribution >= 0.6 is 0 Å². The number of carbonyl (C=O) groups is 1. The molecule has 1 aromatic rings. The smallest absolute Gasteiger partial charge is 0.155 e. The molecular weight excluding hydrogens is 246 g/mol. The van der Waals surface area contributed by atoms with Gasteiger partial charge in [0.15, 0.2) is 5.78 Å². The molecule has 0 aliphatic carbocycles. The highest BCUT2D eigenvalue weighted by Gasteiger charge is 2.44. The number of likely N-dealkylation sites (tertiary alicyclic amines) is 1. The zero-order chi connectivity index (χ0) is 14.9. The summed E-state index contributed by atoms with van der Waals surface area (Å²) in [5, 5.41) is 0. The van der Waals surface area contributed by atoms with Crippen LogP contribution in [0.15, 0.2) is 30.0 Å². The second-order valence-electron chi connectivity index (χ2n) is 6.18. The second kappa shape index (κ2) is 5.43. The van der Waals surface area contributed by atoms with Gasteiger partial charge in [0, 0.05) is 18.7 Å². The van der Waals surface area contributed by atoms with Crippen LogP contribution in [0.5, 0.6) is 0 Å². The van der Waals surface area contributed by atoms with E-state index in [1.807, 2.05) is 0 Å². The minimum Gasteiger partial charge on any atom is -0.362 e. The highest BCUT2D eigenvalue weighted by Crippen LogP contribution is 2.36. The fourth-order valence-corrected chi connectivity index (χ4v) is 3.12. The van der Waals surface area contributed by atoms with E-state index in [9.17, 15) is 4.79 Å². The first kappa shape index (κ1) is 14.8. The Morgan fingerprint density at radius 1 is 1.30 bits per heavy atom. The van der Waals surface area contributed by atoms with Gasteiger partial charge in [-0.15, -0.1) is 0 Å². The average molecular weight is 271 g/mol. The van der Waals surface area contributed by atoms with Gasteiger partial charge in [-0.05, 0) is 46.6 Å². The van der Waals surface area contributed by atoms with Crippen molar-refractivity contribution in [3.05, 3.63) is 46.7 Å². The highest BCUT2D eigenvalue weighted by atomic mass is 16.1. The van der Waals surface area contributed by atoms with Crippen LogP contribution in [0.4, 0.5) is 0 Å². The van der Waals surface area contributed by atoms with Crippen LogP contribution in [-0.4, -0.2) is 22.8 Å². The van der Waals surface area contributed by atoms with Gasteiger partial charge in [-0.1, -0.05) is 35.4 Å². The van der Waals surface area contributed by atoms with Gasteiger partial charge >= 0.3 is 0 Å². The summed E-state index contributed by atoms with van der Waals surface area (Å²) in [6, 6.07) is 6.67. The van der Waals surface area contributed by atoms with Crippen molar-refractivity contribution in [2.24, 2.45) is 0 Å². The van der Waals surface area contributed by atoms with Crippen molar-refractivity contribution >= 4 is 5.78 Å². The molecule has 1 atom stereocenters. The van der Waals surface area contributed by atoms with Gasteiger partial charge in [0.1, 0.15) is 0 Å². The number of benzene rings is 1. The molecule has 1 heterocycles. The zero-order valence-electron chi connectivity index (χ0n) is 13.3. The molecule has 1 aromatic carbocycles. The Hall–Kier alpha value is -1.57. The first-order valence-corrected chi connectivity index (χ1v) is 7.38. The molecule has 0 aromatic heterocycles. The van der Waals surface area contributed by atoms with Gasteiger partial charge < -0.3 is 4.90 Å². The molecule has 0 radical (unpaired) electrons. The predicted octanol–water partition coefficient (Wildman–Crippen LogP) is 3.80. The lowest BCUT2D eigenvalue weighted by Crippen LogP contribution is -2.61. The molecule has 1 aliphatic heterocycles. The Bertz CT molecular complexity index is 538. The molecule has 20 heavy (non-hydrogen) atoms. The fraction of sp³-hybridized carbons (Fsp3) is 0.500. The fourth-order valence-electron chi connectivity index (χ4n) is 3.12. The average Bonchev–Trinajstić information content (AvgIpc) is 2.34. The molecular formula is C18H25NO. The van der Waals surface area contributed by atoms with E-state index in [1.165, 1.54) is 22.4 Å². The Morgan fingerprint density at radius 2 is 1.90 bits per heavy atom. The molecule has 1 unspecified atom stereocenters. The second-order valence-corrected chi connectivity index (χ2v) is 6.18. The molecule has 0 bridgehead atoms. The minimum absolute atomic E-state index is 0.267. The Morgan fingerprint density at radius 3 is 2.30 bits per heavy atom. The quantitative estimate of drug-likeness (QED) is 0.830. The molecule has 0 spiro atoms. The summed E-state index contributed by atoms with van der Waals surface area (Å²) in [7, 11) is 0. The van der Waals surface area contributed by atoms with Crippen LogP contribution in [0.3, 0.4) is 0 Å². The lowest BCUT2D eigenvalue weighted by Gasteiger charge is -2.52. The number of allylic oxidation sites excluding steroid dienone is 2. The van der Waals surface area contributed by atoms with Crippen LogP contribution in [0, 0.1) is 13.8 Å². The van der Waals surface area contributed by atoms with E-state index in [2.05, 4.69) is 56.9 Å². The molecule has 2 heteroatoms. The predicted molar refractivity (Wildman–Crippen MR) is 83.8 cm³/mol. The number of carbonyl (C=O) groups excluding carboxylic acids is 1. The maximum Gasteiger partial charge on any atom is 0.155 e. The summed E-state index contributed by atoms with van der Waals surface area (Å²) in [5.74, 6) is 0.267. The van der Waals surface area contributed by atoms with Gasteiger partial charge in [-0.25, -0.2) is 0 Å². The van der Waals surface area contributed by atoms with Gasteiger partial charge in [0.25, 0.3) is 0 Å². The molecule has 2 rings (SSSR count). The monoisotopic (exact) mass is 271 g/mol. The van der Waals surface area contributed by atoms with E-state index in [1.54, 1.807) is 6.92 Å². The van der Waals surface area contributed by atoms with Crippen molar-refractivity contribution in [2.45, 2.75) is 53.0 Å². The van der Waals surface area contributed by atoms with Crippen LogP contribution in [0.2, 0.25) is 0 Å². The number of ketones is 1. The lowest BCUT2D eigenvalue weighted by molar-refractivity contribution is -0.133. The van der Waals surface area contributed by atoms with Gasteiger partial charge in [0.05, 0.1) is 5.54 Å². The largest absolute Gasteiger partial charge is 0.362 e. The maximum absolute atomic E-state index is 11.9. The van der Waals surface area contributed by atoms with E-state index in [0.717, 1.165) is 19.4 Å². The van der Waals surface area contributed by atoms with Crippen LogP contribution in [0.25, 0.3) is 0 Å². The summed E-state index contributed by atoms with van der Waals surface area (Å²) < 4.78 is 0. The minimum atomic E-state index is -0.291. The molecule has 1 fully saturated rings. The molecule has 1 aliphatic rings. The van der Waals surface area contributed by atoms with E-state index in [4.69, 9.17) is 0 Å². The zero-order valence-corrected chi connectivity index (χ0v) is 13.3. The third-order valence-corrected chi connectivity index (χ3v) is 4.52. The molecule has 0 amide bonds. The maximum atomic E-state index is 11.9. The summed E-state index contributed by atoms with van der Waals surface area (Å²) in [4.78, 5) is 14.1. The third-order valence-electron chi connectivity index (χ3n) is 4.52. The van der Waals surface area contributed by atoms with Crippen molar-refractivity contribution in [2.75, 3.05) is 6.54 Å². The highest BCUT2D eigenvalue weighted by molar-refractivity contribution is 5.87. The van der Waals surface area contributed by atoms with Crippen molar-refractivity contribution in [3.63, 3.8) is 0 Å². The van der Waals surface area contributed by atoms with Crippen molar-refractivity contribution < 1.29 is 4.79 Å². The number of aryl methyl sites for hydroxylation is 2. The van der Waals surface area contributed by atoms with E-state index in [0.29, 0.717) is 0 Å². The molecule has 108 valence electrons. The van der Waals surface area contributed by atoms with Crippen LogP contribution < -0.4 is 0 Å². The van der Waals surface area contributed by atoms with E-state index < -0.39 is 0 Å². The Balaban J connectivity index is 2.21. The number of hydrogen-bond acceptors (Lipinski definition) is 2. The van der Waals surface area contributed by atoms with Gasteiger partial charge in [-0.2, -0.15) is 0 Å². The first-order valence-electron chi connectivity index (χ1n) is 7.38. The molecule has 0 N–H and O–H groups in total. The van der Waals surface area contributed by atoms with Gasteiger partial charge in [0.2, 0.25) is 0 Å². The summed E-state index contributed by atoms with van der Waals surface area (Å²) in [5.41, 5.74) is 4.90. The first-order chi connectivity index (χ1) is 9.36. The normalized spacial score (nSPS) is 22.6. The number of nitrogens with zero attached hydrogens (tertiary/aromatic N) is 1. The molecule has 0 saturated carbocycles. The Labute approximate surface area is 122 Å². The number of hydrogen-bond donors (Lipinski definition) is 0. The van der Waals surface area contributed by atoms with Crippen molar-refractivity contribution in [3.8, 4) is 0 Å². The Kier molecular flexibility index (Phi) is 4.03. The molecule has 2 nitrogen and oxygen atoms in total. The van der Waals surface area contributed by atoms with Crippen LogP contribution in [-0.2, 0) is 11.2 Å². The van der Waals surface area contributed by atoms with E-state index >= 15 is 0 Å². The van der Waals surface area contributed by atoms with Gasteiger partial charge in [-0.3, -0.25) is 4.79 Å². The van der Waals surface area contributed by atoms with Crippen molar-refractivity contribution in [1.29, 1.82) is 0 Å².